The van der Waals surface area contributed by atoms with Gasteiger partial charge < -0.3 is 9.32 Å². The molecule has 0 unspecified atom stereocenters. The molecule has 1 saturated heterocycles. The second kappa shape index (κ2) is 8.94. The highest BCUT2D eigenvalue weighted by Crippen LogP contribution is 2.32. The van der Waals surface area contributed by atoms with E-state index < -0.39 is 0 Å². The van der Waals surface area contributed by atoms with E-state index >= 15 is 0 Å². The van der Waals surface area contributed by atoms with Gasteiger partial charge in [-0.25, -0.2) is 4.98 Å². The molecule has 1 aliphatic rings. The fourth-order valence-corrected chi connectivity index (χ4v) is 4.86. The molecule has 0 spiro atoms. The molecule has 0 atom stereocenters. The third-order valence-corrected chi connectivity index (χ3v) is 6.74. The van der Waals surface area contributed by atoms with Crippen LogP contribution in [0.25, 0.3) is 22.2 Å². The summed E-state index contributed by atoms with van der Waals surface area (Å²) in [6.45, 7) is 7.20. The first kappa shape index (κ1) is 21.6. The fraction of sp³-hybridized carbons (Fsp3) is 0.440. The van der Waals surface area contributed by atoms with Crippen molar-refractivity contribution in [1.82, 2.24) is 29.9 Å². The Morgan fingerprint density at radius 3 is 2.55 bits per heavy atom. The third-order valence-electron chi connectivity index (χ3n) is 6.74. The van der Waals surface area contributed by atoms with Crippen LogP contribution in [0.15, 0.2) is 47.3 Å². The van der Waals surface area contributed by atoms with Gasteiger partial charge in [-0.1, -0.05) is 38.1 Å². The van der Waals surface area contributed by atoms with Gasteiger partial charge in [0.05, 0.1) is 11.4 Å². The van der Waals surface area contributed by atoms with Crippen LogP contribution in [0.4, 0.5) is 5.82 Å². The number of aromatic nitrogens is 5. The lowest BCUT2D eigenvalue weighted by atomic mass is 10.0. The average Bonchev–Trinajstić information content (AvgIpc) is 3.47. The highest BCUT2D eigenvalue weighted by Gasteiger charge is 2.26. The molecular weight excluding hydrogens is 414 g/mol. The van der Waals surface area contributed by atoms with Gasteiger partial charge in [-0.05, 0) is 18.9 Å². The first-order valence-electron chi connectivity index (χ1n) is 11.6. The number of hydrogen-bond donors (Lipinski definition) is 0. The minimum atomic E-state index is 0.354. The molecule has 0 N–H and O–H groups in total. The maximum Gasteiger partial charge on any atom is 0.181 e. The number of oxazole rings is 1. The van der Waals surface area contributed by atoms with Gasteiger partial charge in [0, 0.05) is 62.7 Å². The summed E-state index contributed by atoms with van der Waals surface area (Å²) in [4.78, 5) is 9.25. The molecule has 0 radical (unpaired) electrons. The van der Waals surface area contributed by atoms with Crippen molar-refractivity contribution in [2.24, 2.45) is 7.05 Å². The van der Waals surface area contributed by atoms with Crippen molar-refractivity contribution in [1.29, 1.82) is 0 Å². The topological polar surface area (TPSA) is 76.1 Å². The van der Waals surface area contributed by atoms with E-state index in [4.69, 9.17) is 4.42 Å². The number of fused-ring (bicyclic) bond motifs is 1. The van der Waals surface area contributed by atoms with Crippen molar-refractivity contribution < 1.29 is 4.42 Å². The monoisotopic (exact) mass is 445 g/mol. The molecule has 1 aliphatic heterocycles. The fourth-order valence-electron chi connectivity index (χ4n) is 4.86. The number of nitrogens with zero attached hydrogens (tertiary/aromatic N) is 7. The number of rotatable bonds is 6. The zero-order valence-electron chi connectivity index (χ0n) is 19.8. The number of piperidine rings is 1. The van der Waals surface area contributed by atoms with E-state index in [0.717, 1.165) is 71.9 Å². The lowest BCUT2D eigenvalue weighted by molar-refractivity contribution is 0.200. The molecule has 33 heavy (non-hydrogen) atoms. The third kappa shape index (κ3) is 4.11. The smallest absolute Gasteiger partial charge is 0.181 e. The minimum Gasteiger partial charge on any atom is -0.448 e. The summed E-state index contributed by atoms with van der Waals surface area (Å²) in [6.07, 6.45) is 5.52. The SMILES string of the molecule is CC(C)c1ocnc1CN1CCC(N(C)c2nnc(-c3ccnn3C)c3ccccc23)CC1. The van der Waals surface area contributed by atoms with Crippen LogP contribution < -0.4 is 4.90 Å². The van der Waals surface area contributed by atoms with E-state index in [2.05, 4.69) is 75.2 Å². The van der Waals surface area contributed by atoms with Crippen molar-refractivity contribution in [2.45, 2.75) is 45.2 Å². The van der Waals surface area contributed by atoms with E-state index in [1.165, 1.54) is 0 Å². The minimum absolute atomic E-state index is 0.354. The second-order valence-corrected chi connectivity index (χ2v) is 9.19. The van der Waals surface area contributed by atoms with Gasteiger partial charge in [-0.15, -0.1) is 10.2 Å². The molecule has 8 heteroatoms. The molecule has 0 bridgehead atoms. The van der Waals surface area contributed by atoms with E-state index in [-0.39, 0.29) is 0 Å². The van der Waals surface area contributed by atoms with Gasteiger partial charge >= 0.3 is 0 Å². The first-order valence-corrected chi connectivity index (χ1v) is 11.6. The molecule has 0 aliphatic carbocycles. The quantitative estimate of drug-likeness (QED) is 0.439. The number of aryl methyl sites for hydroxylation is 1. The Hall–Kier alpha value is -3.26. The summed E-state index contributed by atoms with van der Waals surface area (Å²) in [5.74, 6) is 2.30. The van der Waals surface area contributed by atoms with Crippen LogP contribution in [0.5, 0.6) is 0 Å². The number of hydrogen-bond acceptors (Lipinski definition) is 7. The van der Waals surface area contributed by atoms with Crippen LogP contribution >= 0.6 is 0 Å². The molecule has 0 saturated carbocycles. The number of benzene rings is 1. The zero-order chi connectivity index (χ0) is 22.9. The van der Waals surface area contributed by atoms with Gasteiger partial charge in [0.15, 0.2) is 12.2 Å². The van der Waals surface area contributed by atoms with Crippen LogP contribution in [0.2, 0.25) is 0 Å². The van der Waals surface area contributed by atoms with Crippen molar-refractivity contribution >= 4 is 16.6 Å². The van der Waals surface area contributed by atoms with Crippen LogP contribution in [-0.2, 0) is 13.6 Å². The van der Waals surface area contributed by atoms with E-state index in [1.54, 1.807) is 12.6 Å². The van der Waals surface area contributed by atoms with Crippen LogP contribution in [0.3, 0.4) is 0 Å². The van der Waals surface area contributed by atoms with Crippen molar-refractivity contribution in [3.63, 3.8) is 0 Å². The molecule has 5 rings (SSSR count). The number of likely N-dealkylation sites (tertiary alicyclic amines) is 1. The molecule has 1 aromatic carbocycles. The van der Waals surface area contributed by atoms with E-state index in [1.807, 2.05) is 17.8 Å². The van der Waals surface area contributed by atoms with Crippen molar-refractivity contribution in [3.05, 3.63) is 54.4 Å². The molecular formula is C25H31N7O. The van der Waals surface area contributed by atoms with Crippen LogP contribution in [-0.4, -0.2) is 56.0 Å². The van der Waals surface area contributed by atoms with Gasteiger partial charge in [0.25, 0.3) is 0 Å². The van der Waals surface area contributed by atoms with Crippen LogP contribution in [0, 0.1) is 0 Å². The van der Waals surface area contributed by atoms with Gasteiger partial charge in [-0.2, -0.15) is 5.10 Å². The summed E-state index contributed by atoms with van der Waals surface area (Å²) >= 11 is 0. The van der Waals surface area contributed by atoms with E-state index in [0.29, 0.717) is 12.0 Å². The second-order valence-electron chi connectivity index (χ2n) is 9.19. The maximum atomic E-state index is 5.60. The molecule has 8 nitrogen and oxygen atoms in total. The van der Waals surface area contributed by atoms with Crippen molar-refractivity contribution in [3.8, 4) is 11.4 Å². The summed E-state index contributed by atoms with van der Waals surface area (Å²) < 4.78 is 7.45. The molecule has 172 valence electrons. The van der Waals surface area contributed by atoms with Gasteiger partial charge in [0.1, 0.15) is 11.5 Å². The maximum absolute atomic E-state index is 5.60. The Morgan fingerprint density at radius 1 is 1.09 bits per heavy atom. The largest absolute Gasteiger partial charge is 0.448 e. The molecule has 4 heterocycles. The summed E-state index contributed by atoms with van der Waals surface area (Å²) in [7, 11) is 4.08. The number of anilines is 1. The Bertz CT molecular complexity index is 1240. The Morgan fingerprint density at radius 2 is 1.85 bits per heavy atom. The normalized spacial score (nSPS) is 15.5. The lowest BCUT2D eigenvalue weighted by Crippen LogP contribution is -2.43. The van der Waals surface area contributed by atoms with Gasteiger partial charge in [-0.3, -0.25) is 9.58 Å². The summed E-state index contributed by atoms with van der Waals surface area (Å²) in [6, 6.07) is 10.8. The first-order chi connectivity index (χ1) is 16.0. The van der Waals surface area contributed by atoms with E-state index in [9.17, 15) is 0 Å². The highest BCUT2D eigenvalue weighted by atomic mass is 16.3. The lowest BCUT2D eigenvalue weighted by Gasteiger charge is -2.37. The molecule has 4 aromatic rings. The Kier molecular flexibility index (Phi) is 5.85. The Labute approximate surface area is 194 Å². The predicted molar refractivity (Wildman–Crippen MR) is 129 cm³/mol. The Balaban J connectivity index is 1.33. The molecule has 1 fully saturated rings. The molecule has 3 aromatic heterocycles. The summed E-state index contributed by atoms with van der Waals surface area (Å²) in [5, 5.41) is 15.8. The molecule has 0 amide bonds. The average molecular weight is 446 g/mol. The summed E-state index contributed by atoms with van der Waals surface area (Å²) in [5.41, 5.74) is 2.90. The van der Waals surface area contributed by atoms with Gasteiger partial charge in [0.2, 0.25) is 0 Å². The standard InChI is InChI=1S/C25H31N7O/c1-17(2)24-21(26-16-33-24)15-32-13-10-18(11-14-32)30(3)25-20-8-6-5-7-19(20)23(28-29-25)22-9-12-27-31(22)4/h5-9,12,16-18H,10-11,13-15H2,1-4H3. The highest BCUT2D eigenvalue weighted by molar-refractivity contribution is 5.99. The zero-order valence-corrected chi connectivity index (χ0v) is 19.8. The van der Waals surface area contributed by atoms with Crippen molar-refractivity contribution in [2.75, 3.05) is 25.0 Å². The predicted octanol–water partition coefficient (Wildman–Crippen LogP) is 4.24. The van der Waals surface area contributed by atoms with Crippen LogP contribution in [0.1, 0.15) is 44.1 Å².